The van der Waals surface area contributed by atoms with Gasteiger partial charge in [0.15, 0.2) is 12.1 Å². The first-order valence-electron chi connectivity index (χ1n) is 9.64. The third-order valence-corrected chi connectivity index (χ3v) is 4.81. The Balaban J connectivity index is 2.05. The first-order chi connectivity index (χ1) is 13.2. The zero-order chi connectivity index (χ0) is 20.8. The molecule has 2 rings (SSSR count). The molecule has 154 valence electrons. The van der Waals surface area contributed by atoms with E-state index in [2.05, 4.69) is 9.98 Å². The third-order valence-electron chi connectivity index (χ3n) is 4.81. The maximum absolute atomic E-state index is 10.2. The Bertz CT molecular complexity index is 750. The topological polar surface area (TPSA) is 82.8 Å². The van der Waals surface area contributed by atoms with Gasteiger partial charge in [0.25, 0.3) is 0 Å². The Kier molecular flexibility index (Phi) is 7.65. The summed E-state index contributed by atoms with van der Waals surface area (Å²) >= 11 is 0. The number of nitrogens with zero attached hydrogens (tertiary/aromatic N) is 6. The summed E-state index contributed by atoms with van der Waals surface area (Å²) in [6.07, 6.45) is 10.5. The van der Waals surface area contributed by atoms with Crippen LogP contribution in [0.5, 0.6) is 0 Å². The molecule has 8 nitrogen and oxygen atoms in total. The summed E-state index contributed by atoms with van der Waals surface area (Å²) in [6, 6.07) is -0.396. The molecule has 0 bridgehead atoms. The molecule has 4 atom stereocenters. The van der Waals surface area contributed by atoms with E-state index in [0.29, 0.717) is 13.1 Å². The lowest BCUT2D eigenvalue weighted by atomic mass is 10.1. The molecule has 2 N–H and O–H groups in total. The quantitative estimate of drug-likeness (QED) is 0.369. The van der Waals surface area contributed by atoms with E-state index >= 15 is 0 Å². The molecule has 2 heterocycles. The molecule has 0 spiro atoms. The molecule has 0 aliphatic rings. The summed E-state index contributed by atoms with van der Waals surface area (Å²) < 4.78 is 7.81. The number of aliphatic hydroxyl groups excluding tert-OH is 2. The zero-order valence-corrected chi connectivity index (χ0v) is 17.8. The summed E-state index contributed by atoms with van der Waals surface area (Å²) in [6.45, 7) is 8.49. The summed E-state index contributed by atoms with van der Waals surface area (Å²) in [5, 5.41) is 20.4. The molecular weight excluding hydrogens is 356 g/mol. The lowest BCUT2D eigenvalue weighted by molar-refractivity contribution is -0.671. The minimum atomic E-state index is -0.546. The van der Waals surface area contributed by atoms with Crippen molar-refractivity contribution in [3.05, 3.63) is 37.4 Å². The van der Waals surface area contributed by atoms with Gasteiger partial charge in [-0.1, -0.05) is 0 Å². The fourth-order valence-corrected chi connectivity index (χ4v) is 3.54. The van der Waals surface area contributed by atoms with Gasteiger partial charge < -0.3 is 10.2 Å². The minimum Gasteiger partial charge on any atom is -0.389 e. The van der Waals surface area contributed by atoms with Crippen molar-refractivity contribution in [2.24, 2.45) is 24.1 Å². The smallest absolute Gasteiger partial charge is 0.244 e. The van der Waals surface area contributed by atoms with E-state index in [-0.39, 0.29) is 12.1 Å². The molecular formula is C20H34N6O2+2. The van der Waals surface area contributed by atoms with Crippen molar-refractivity contribution in [2.75, 3.05) is 13.1 Å². The Morgan fingerprint density at radius 1 is 0.821 bits per heavy atom. The molecule has 0 aliphatic heterocycles. The van der Waals surface area contributed by atoms with Gasteiger partial charge in [-0.2, -0.15) is 0 Å². The number of aliphatic imine (C=N–C) groups is 2. The van der Waals surface area contributed by atoms with E-state index in [9.17, 15) is 10.2 Å². The maximum Gasteiger partial charge on any atom is 0.244 e. The number of hydrogen-bond acceptors (Lipinski definition) is 4. The van der Waals surface area contributed by atoms with Crippen LogP contribution in [0, 0.1) is 0 Å². The van der Waals surface area contributed by atoms with Crippen molar-refractivity contribution in [3.8, 4) is 0 Å². The van der Waals surface area contributed by atoms with Crippen molar-refractivity contribution < 1.29 is 19.3 Å². The molecule has 0 aromatic carbocycles. The largest absolute Gasteiger partial charge is 0.389 e. The van der Waals surface area contributed by atoms with Crippen LogP contribution in [0.4, 0.5) is 0 Å². The van der Waals surface area contributed by atoms with Crippen molar-refractivity contribution in [2.45, 2.75) is 52.0 Å². The van der Waals surface area contributed by atoms with Crippen LogP contribution in [0.25, 0.3) is 0 Å². The fourth-order valence-electron chi connectivity index (χ4n) is 3.54. The molecule has 0 amide bonds. The number of aryl methyl sites for hydroxylation is 2. The Morgan fingerprint density at radius 2 is 1.18 bits per heavy atom. The van der Waals surface area contributed by atoms with Crippen LogP contribution in [0.2, 0.25) is 0 Å². The normalized spacial score (nSPS) is 17.4. The average molecular weight is 391 g/mol. The van der Waals surface area contributed by atoms with Crippen LogP contribution in [0.1, 0.15) is 39.8 Å². The van der Waals surface area contributed by atoms with E-state index in [1.165, 1.54) is 0 Å². The van der Waals surface area contributed by atoms with Gasteiger partial charge in [-0.25, -0.2) is 18.3 Å². The second-order valence-corrected chi connectivity index (χ2v) is 7.47. The molecule has 2 aromatic rings. The van der Waals surface area contributed by atoms with Crippen molar-refractivity contribution in [1.82, 2.24) is 9.13 Å². The van der Waals surface area contributed by atoms with Crippen molar-refractivity contribution in [1.29, 1.82) is 0 Å². The molecule has 8 heteroatoms. The van der Waals surface area contributed by atoms with E-state index < -0.39 is 12.2 Å². The lowest BCUT2D eigenvalue weighted by Crippen LogP contribution is -2.30. The highest BCUT2D eigenvalue weighted by atomic mass is 16.3. The average Bonchev–Trinajstić information content (AvgIpc) is 3.20. The summed E-state index contributed by atoms with van der Waals surface area (Å²) in [5.41, 5.74) is 1.73. The number of hydrogen-bond donors (Lipinski definition) is 2. The van der Waals surface area contributed by atoms with Gasteiger partial charge in [0, 0.05) is 0 Å². The van der Waals surface area contributed by atoms with Crippen LogP contribution >= 0.6 is 0 Å². The van der Waals surface area contributed by atoms with Gasteiger partial charge in [-0.3, -0.25) is 9.98 Å². The molecule has 0 saturated carbocycles. The standard InChI is InChI=1S/C20H34N6O2/c1-15(19(17(3)27)25-11-9-23(5)13-25)21-7-8-22-16(2)20(18(4)28)26-12-10-24(6)14-26/h9-14,17-20,27-28H,7-8H2,1-6H3/q+2. The van der Waals surface area contributed by atoms with E-state index in [0.717, 1.165) is 11.4 Å². The summed E-state index contributed by atoms with van der Waals surface area (Å²) in [7, 11) is 3.89. The summed E-state index contributed by atoms with van der Waals surface area (Å²) in [5.74, 6) is 0. The third kappa shape index (κ3) is 5.59. The molecule has 0 fully saturated rings. The zero-order valence-electron chi connectivity index (χ0n) is 17.8. The molecule has 4 unspecified atom stereocenters. The Labute approximate surface area is 167 Å². The lowest BCUT2D eigenvalue weighted by Gasteiger charge is -2.17. The van der Waals surface area contributed by atoms with Crippen LogP contribution in [0.3, 0.4) is 0 Å². The van der Waals surface area contributed by atoms with Crippen LogP contribution in [-0.2, 0) is 14.1 Å². The predicted molar refractivity (Wildman–Crippen MR) is 109 cm³/mol. The monoisotopic (exact) mass is 390 g/mol. The van der Waals surface area contributed by atoms with Gasteiger partial charge in [-0.05, 0) is 27.7 Å². The van der Waals surface area contributed by atoms with Crippen molar-refractivity contribution in [3.63, 3.8) is 0 Å². The second kappa shape index (κ2) is 9.75. The highest BCUT2D eigenvalue weighted by molar-refractivity contribution is 5.87. The molecule has 28 heavy (non-hydrogen) atoms. The van der Waals surface area contributed by atoms with E-state index in [1.54, 1.807) is 13.8 Å². The summed E-state index contributed by atoms with van der Waals surface area (Å²) in [4.78, 5) is 9.26. The Hall–Kier alpha value is -2.32. The number of aliphatic hydroxyl groups is 2. The molecule has 0 radical (unpaired) electrons. The van der Waals surface area contributed by atoms with E-state index in [1.807, 2.05) is 83.7 Å². The fraction of sp³-hybridized carbons (Fsp3) is 0.600. The van der Waals surface area contributed by atoms with Gasteiger partial charge in [0.2, 0.25) is 12.7 Å². The minimum absolute atomic E-state index is 0.198. The van der Waals surface area contributed by atoms with Crippen LogP contribution < -0.4 is 9.13 Å². The molecule has 2 aromatic heterocycles. The Morgan fingerprint density at radius 3 is 1.43 bits per heavy atom. The predicted octanol–water partition coefficient (Wildman–Crippen LogP) is 0.404. The van der Waals surface area contributed by atoms with E-state index in [4.69, 9.17) is 0 Å². The first kappa shape index (κ1) is 22.0. The molecule has 0 saturated heterocycles. The van der Waals surface area contributed by atoms with Gasteiger partial charge >= 0.3 is 0 Å². The van der Waals surface area contributed by atoms with Crippen molar-refractivity contribution >= 4 is 11.4 Å². The first-order valence-corrected chi connectivity index (χ1v) is 9.64. The van der Waals surface area contributed by atoms with Gasteiger partial charge in [0.05, 0.1) is 50.8 Å². The SMILES string of the molecule is CC(=NCCN=C(C)C(C(C)O)n1cc[n+](C)c1)C(C(C)O)n1cc[n+](C)c1. The highest BCUT2D eigenvalue weighted by Gasteiger charge is 2.26. The molecule has 0 aliphatic carbocycles. The highest BCUT2D eigenvalue weighted by Crippen LogP contribution is 2.15. The van der Waals surface area contributed by atoms with Gasteiger partial charge in [-0.15, -0.1) is 0 Å². The van der Waals surface area contributed by atoms with Crippen LogP contribution in [-0.4, -0.2) is 56.1 Å². The van der Waals surface area contributed by atoms with Gasteiger partial charge in [0.1, 0.15) is 24.8 Å². The number of aromatic nitrogens is 4. The number of rotatable bonds is 9. The maximum atomic E-state index is 10.2. The number of imidazole rings is 2. The second-order valence-electron chi connectivity index (χ2n) is 7.47. The van der Waals surface area contributed by atoms with Crippen LogP contribution in [0.15, 0.2) is 47.4 Å².